The topological polar surface area (TPSA) is 72.0 Å². The van der Waals surface area contributed by atoms with Gasteiger partial charge in [-0.3, -0.25) is 4.79 Å². The molecule has 11 heavy (non-hydrogen) atoms. The van der Waals surface area contributed by atoms with Gasteiger partial charge >= 0.3 is 5.97 Å². The fourth-order valence-corrected chi connectivity index (χ4v) is 1.14. The molecule has 0 spiro atoms. The maximum atomic E-state index is 10.3. The number of nitrogens with zero attached hydrogens (tertiary/aromatic N) is 1. The van der Waals surface area contributed by atoms with E-state index >= 15 is 0 Å². The number of halogens is 1. The molecule has 1 saturated heterocycles. The van der Waals surface area contributed by atoms with Crippen molar-refractivity contribution in [3.8, 4) is 0 Å². The van der Waals surface area contributed by atoms with Gasteiger partial charge in [0.15, 0.2) is 0 Å². The van der Waals surface area contributed by atoms with Crippen LogP contribution in [-0.2, 0) is 4.79 Å². The van der Waals surface area contributed by atoms with E-state index in [-0.39, 0.29) is 23.8 Å². The Balaban J connectivity index is 0. The smallest absolute Gasteiger partial charge is 0.307 e. The van der Waals surface area contributed by atoms with Crippen LogP contribution in [-0.4, -0.2) is 41.6 Å². The summed E-state index contributed by atoms with van der Waals surface area (Å²) in [5.74, 6) is -0.769. The number of hydrogen-bond acceptors (Lipinski definition) is 2. The minimum atomic E-state index is -0.653. The highest BCUT2D eigenvalue weighted by Crippen LogP contribution is 2.13. The quantitative estimate of drug-likeness (QED) is 0.603. The van der Waals surface area contributed by atoms with Crippen molar-refractivity contribution >= 4 is 18.4 Å². The first-order valence-electron chi connectivity index (χ1n) is 3.11. The normalized spacial score (nSPS) is 23.5. The Morgan fingerprint density at radius 1 is 1.64 bits per heavy atom. The van der Waals surface area contributed by atoms with Crippen LogP contribution >= 0.6 is 12.4 Å². The number of rotatable bonds is 1. The van der Waals surface area contributed by atoms with Crippen molar-refractivity contribution in [3.63, 3.8) is 0 Å². The van der Waals surface area contributed by atoms with Crippen LogP contribution in [0, 0.1) is 5.92 Å². The average molecular weight is 184 g/mol. The van der Waals surface area contributed by atoms with Gasteiger partial charge in [0.25, 0.3) is 0 Å². The van der Waals surface area contributed by atoms with Crippen LogP contribution in [0.1, 0.15) is 6.42 Å². The first-order chi connectivity index (χ1) is 4.20. The standard InChI is InChI=1S/C6H11NO2.ClH.H2O/c1-7-3-2-5(4-7)6(8)9;;/h5H,2-4H2,1H3,(H,8,9);1H;1H2. The van der Waals surface area contributed by atoms with Crippen LogP contribution in [0.3, 0.4) is 0 Å². The monoisotopic (exact) mass is 183 g/mol. The van der Waals surface area contributed by atoms with E-state index in [0.29, 0.717) is 0 Å². The molecule has 1 rings (SSSR count). The van der Waals surface area contributed by atoms with Gasteiger partial charge < -0.3 is 15.5 Å². The van der Waals surface area contributed by atoms with E-state index in [1.165, 1.54) is 0 Å². The van der Waals surface area contributed by atoms with Crippen LogP contribution in [0.5, 0.6) is 0 Å². The minimum absolute atomic E-state index is 0. The highest BCUT2D eigenvalue weighted by molar-refractivity contribution is 5.85. The Morgan fingerprint density at radius 3 is 2.36 bits per heavy atom. The lowest BCUT2D eigenvalue weighted by Crippen LogP contribution is -2.18. The maximum Gasteiger partial charge on any atom is 0.307 e. The van der Waals surface area contributed by atoms with Crippen molar-refractivity contribution in [2.45, 2.75) is 6.42 Å². The second-order valence-corrected chi connectivity index (χ2v) is 2.59. The number of carboxylic acids is 1. The van der Waals surface area contributed by atoms with Gasteiger partial charge in [-0.1, -0.05) is 0 Å². The molecule has 0 radical (unpaired) electrons. The first kappa shape index (κ1) is 13.3. The molecular weight excluding hydrogens is 170 g/mol. The molecule has 1 aliphatic rings. The molecular formula is C6H14ClNO3. The molecule has 4 nitrogen and oxygen atoms in total. The van der Waals surface area contributed by atoms with Gasteiger partial charge in [0, 0.05) is 6.54 Å². The van der Waals surface area contributed by atoms with Gasteiger partial charge in [-0.15, -0.1) is 12.4 Å². The summed E-state index contributed by atoms with van der Waals surface area (Å²) in [6.07, 6.45) is 0.811. The van der Waals surface area contributed by atoms with E-state index < -0.39 is 5.97 Å². The molecule has 1 fully saturated rings. The summed E-state index contributed by atoms with van der Waals surface area (Å²) in [6, 6.07) is 0. The highest BCUT2D eigenvalue weighted by Gasteiger charge is 2.24. The summed E-state index contributed by atoms with van der Waals surface area (Å²) in [5, 5.41) is 8.50. The zero-order chi connectivity index (χ0) is 6.85. The predicted molar refractivity (Wildman–Crippen MR) is 44.1 cm³/mol. The molecule has 68 valence electrons. The number of carbonyl (C=O) groups is 1. The van der Waals surface area contributed by atoms with Crippen molar-refractivity contribution in [1.82, 2.24) is 4.90 Å². The van der Waals surface area contributed by atoms with Crippen LogP contribution < -0.4 is 0 Å². The molecule has 0 aromatic heterocycles. The van der Waals surface area contributed by atoms with E-state index in [1.54, 1.807) is 0 Å². The summed E-state index contributed by atoms with van der Waals surface area (Å²) in [6.45, 7) is 1.65. The summed E-state index contributed by atoms with van der Waals surface area (Å²) >= 11 is 0. The van der Waals surface area contributed by atoms with Gasteiger partial charge in [0.05, 0.1) is 5.92 Å². The van der Waals surface area contributed by atoms with Gasteiger partial charge in [0.1, 0.15) is 0 Å². The van der Waals surface area contributed by atoms with Crippen molar-refractivity contribution in [1.29, 1.82) is 0 Å². The van der Waals surface area contributed by atoms with Crippen molar-refractivity contribution in [2.24, 2.45) is 5.92 Å². The van der Waals surface area contributed by atoms with Crippen LogP contribution in [0.2, 0.25) is 0 Å². The highest BCUT2D eigenvalue weighted by atomic mass is 35.5. The number of hydrogen-bond donors (Lipinski definition) is 1. The zero-order valence-corrected chi connectivity index (χ0v) is 7.23. The van der Waals surface area contributed by atoms with Gasteiger partial charge in [-0.25, -0.2) is 0 Å². The molecule has 0 bridgehead atoms. The summed E-state index contributed by atoms with van der Waals surface area (Å²) in [7, 11) is 1.95. The third-order valence-corrected chi connectivity index (χ3v) is 1.74. The summed E-state index contributed by atoms with van der Waals surface area (Å²) in [5.41, 5.74) is 0. The molecule has 0 aromatic rings. The Labute approximate surface area is 71.9 Å². The van der Waals surface area contributed by atoms with E-state index in [1.807, 2.05) is 11.9 Å². The van der Waals surface area contributed by atoms with E-state index in [4.69, 9.17) is 5.11 Å². The van der Waals surface area contributed by atoms with Crippen molar-refractivity contribution < 1.29 is 15.4 Å². The van der Waals surface area contributed by atoms with E-state index in [2.05, 4.69) is 0 Å². The Morgan fingerprint density at radius 2 is 2.18 bits per heavy atom. The zero-order valence-electron chi connectivity index (χ0n) is 6.41. The molecule has 1 heterocycles. The van der Waals surface area contributed by atoms with Crippen LogP contribution in [0.25, 0.3) is 0 Å². The Kier molecular flexibility index (Phi) is 6.46. The maximum absolute atomic E-state index is 10.3. The largest absolute Gasteiger partial charge is 0.481 e. The Bertz CT molecular complexity index is 131. The fourth-order valence-electron chi connectivity index (χ4n) is 1.14. The summed E-state index contributed by atoms with van der Waals surface area (Å²) in [4.78, 5) is 12.4. The van der Waals surface area contributed by atoms with Crippen molar-refractivity contribution in [3.05, 3.63) is 0 Å². The van der Waals surface area contributed by atoms with E-state index in [9.17, 15) is 4.79 Å². The number of carboxylic acid groups (broad SMARTS) is 1. The average Bonchev–Trinajstić information content (AvgIpc) is 2.14. The SMILES string of the molecule is CN1CCC(C(=O)O)C1.Cl.O. The Hall–Kier alpha value is -0.320. The molecule has 1 aliphatic heterocycles. The summed E-state index contributed by atoms with van der Waals surface area (Å²) < 4.78 is 0. The molecule has 5 heteroatoms. The third-order valence-electron chi connectivity index (χ3n) is 1.74. The minimum Gasteiger partial charge on any atom is -0.481 e. The molecule has 1 atom stereocenters. The van der Waals surface area contributed by atoms with Crippen LogP contribution in [0.4, 0.5) is 0 Å². The van der Waals surface area contributed by atoms with Crippen LogP contribution in [0.15, 0.2) is 0 Å². The second kappa shape index (κ2) is 5.35. The van der Waals surface area contributed by atoms with E-state index in [0.717, 1.165) is 19.5 Å². The van der Waals surface area contributed by atoms with Gasteiger partial charge in [-0.05, 0) is 20.0 Å². The number of likely N-dealkylation sites (tertiary alicyclic amines) is 1. The fraction of sp³-hybridized carbons (Fsp3) is 0.833. The molecule has 0 aliphatic carbocycles. The lowest BCUT2D eigenvalue weighted by molar-refractivity contribution is -0.141. The lowest BCUT2D eigenvalue weighted by Gasteiger charge is -2.04. The first-order valence-corrected chi connectivity index (χ1v) is 3.11. The second-order valence-electron chi connectivity index (χ2n) is 2.59. The third kappa shape index (κ3) is 3.55. The number of aliphatic carboxylic acids is 1. The molecule has 0 amide bonds. The lowest BCUT2D eigenvalue weighted by atomic mass is 10.1. The molecule has 3 N–H and O–H groups in total. The molecule has 0 aromatic carbocycles. The van der Waals surface area contributed by atoms with Crippen molar-refractivity contribution in [2.75, 3.05) is 20.1 Å². The predicted octanol–water partition coefficient (Wildman–Crippen LogP) is -0.380. The molecule has 0 saturated carbocycles. The van der Waals surface area contributed by atoms with Gasteiger partial charge in [-0.2, -0.15) is 0 Å². The van der Waals surface area contributed by atoms with Gasteiger partial charge in [0.2, 0.25) is 0 Å². The molecule has 1 unspecified atom stereocenters.